The van der Waals surface area contributed by atoms with Gasteiger partial charge in [0.05, 0.1) is 12.0 Å². The van der Waals surface area contributed by atoms with E-state index in [9.17, 15) is 19.2 Å². The number of benzene rings is 2. The van der Waals surface area contributed by atoms with Gasteiger partial charge < -0.3 is 21.7 Å². The summed E-state index contributed by atoms with van der Waals surface area (Å²) in [5, 5.41) is 3.06. The summed E-state index contributed by atoms with van der Waals surface area (Å²) < 4.78 is 0. The van der Waals surface area contributed by atoms with E-state index in [1.165, 1.54) is 0 Å². The zero-order chi connectivity index (χ0) is 27.8. The smallest absolute Gasteiger partial charge is 0.254 e. The highest BCUT2D eigenvalue weighted by molar-refractivity contribution is 6.00. The van der Waals surface area contributed by atoms with Gasteiger partial charge in [0.1, 0.15) is 0 Å². The van der Waals surface area contributed by atoms with Gasteiger partial charge in [-0.3, -0.25) is 19.2 Å². The molecule has 0 radical (unpaired) electrons. The molecule has 0 bridgehead atoms. The lowest BCUT2D eigenvalue weighted by atomic mass is 9.77. The number of primary amides is 1. The minimum absolute atomic E-state index is 0.0247. The fraction of sp³-hybridized carbons (Fsp3) is 0.484. The lowest BCUT2D eigenvalue weighted by molar-refractivity contribution is -0.135. The van der Waals surface area contributed by atoms with E-state index in [1.54, 1.807) is 29.2 Å². The normalized spacial score (nSPS) is 23.4. The Morgan fingerprint density at radius 1 is 0.923 bits per heavy atom. The maximum atomic E-state index is 13.9. The number of rotatable bonds is 12. The highest BCUT2D eigenvalue weighted by atomic mass is 16.2. The van der Waals surface area contributed by atoms with Crippen LogP contribution in [0.4, 0.5) is 0 Å². The third kappa shape index (κ3) is 6.92. The predicted molar refractivity (Wildman–Crippen MR) is 150 cm³/mol. The van der Waals surface area contributed by atoms with Crippen molar-refractivity contribution in [1.29, 1.82) is 0 Å². The Kier molecular flexibility index (Phi) is 9.87. The number of ketones is 1. The van der Waals surface area contributed by atoms with Gasteiger partial charge >= 0.3 is 0 Å². The molecular weight excluding hydrogens is 492 g/mol. The van der Waals surface area contributed by atoms with Gasteiger partial charge in [0.2, 0.25) is 11.8 Å². The van der Waals surface area contributed by atoms with Crippen LogP contribution in [0.15, 0.2) is 60.7 Å². The van der Waals surface area contributed by atoms with Crippen molar-refractivity contribution in [1.82, 2.24) is 10.2 Å². The first-order chi connectivity index (χ1) is 18.9. The molecule has 1 heterocycles. The minimum Gasteiger partial charge on any atom is -0.369 e. The molecule has 8 nitrogen and oxygen atoms in total. The second kappa shape index (κ2) is 13.5. The summed E-state index contributed by atoms with van der Waals surface area (Å²) in [7, 11) is 0. The van der Waals surface area contributed by atoms with E-state index in [0.29, 0.717) is 44.3 Å². The van der Waals surface area contributed by atoms with Gasteiger partial charge in [-0.2, -0.15) is 0 Å². The summed E-state index contributed by atoms with van der Waals surface area (Å²) in [6.45, 7) is 0.952. The number of amides is 3. The van der Waals surface area contributed by atoms with Gasteiger partial charge in [0.25, 0.3) is 5.91 Å². The number of nitrogens with zero attached hydrogens (tertiary/aromatic N) is 1. The summed E-state index contributed by atoms with van der Waals surface area (Å²) >= 11 is 0. The van der Waals surface area contributed by atoms with Crippen molar-refractivity contribution in [3.05, 3.63) is 71.8 Å². The highest BCUT2D eigenvalue weighted by Crippen LogP contribution is 2.37. The summed E-state index contributed by atoms with van der Waals surface area (Å²) in [4.78, 5) is 54.4. The van der Waals surface area contributed by atoms with Gasteiger partial charge in [-0.1, -0.05) is 67.8 Å². The Bertz CT molecular complexity index is 1140. The number of nitrogens with one attached hydrogen (secondary N) is 1. The van der Waals surface area contributed by atoms with E-state index in [0.717, 1.165) is 24.8 Å². The molecule has 5 atom stereocenters. The molecular formula is C31H40N4O4. The molecule has 1 saturated heterocycles. The first-order valence-corrected chi connectivity index (χ1v) is 14.1. The molecule has 8 heteroatoms. The van der Waals surface area contributed by atoms with E-state index in [-0.39, 0.29) is 36.0 Å². The van der Waals surface area contributed by atoms with Crippen LogP contribution in [0.1, 0.15) is 73.2 Å². The Hall–Kier alpha value is -3.52. The molecule has 0 unspecified atom stereocenters. The Morgan fingerprint density at radius 3 is 2.26 bits per heavy atom. The first-order valence-electron chi connectivity index (χ1n) is 14.1. The molecule has 0 spiro atoms. The molecule has 1 aliphatic heterocycles. The number of nitrogens with two attached hydrogens (primary N) is 2. The van der Waals surface area contributed by atoms with Crippen LogP contribution >= 0.6 is 0 Å². The van der Waals surface area contributed by atoms with Gasteiger partial charge in [-0.05, 0) is 49.9 Å². The number of likely N-dealkylation sites (tertiary alicyclic amines) is 1. The van der Waals surface area contributed by atoms with Gasteiger partial charge in [-0.15, -0.1) is 0 Å². The molecule has 1 saturated carbocycles. The lowest BCUT2D eigenvalue weighted by Gasteiger charge is -2.47. The number of unbranched alkanes of at least 4 members (excludes halogenated alkanes) is 1. The number of hydrogen-bond acceptors (Lipinski definition) is 5. The van der Waals surface area contributed by atoms with Crippen molar-refractivity contribution in [3.63, 3.8) is 0 Å². The molecule has 2 fully saturated rings. The topological polar surface area (TPSA) is 136 Å². The van der Waals surface area contributed by atoms with Gasteiger partial charge in [0.15, 0.2) is 5.78 Å². The van der Waals surface area contributed by atoms with Crippen LogP contribution in [0.5, 0.6) is 0 Å². The SMILES string of the molecule is NCCCC[C@H](CC(=O)[C@@H]1[C@@H](c2ccccc2)CN1C(=O)c1ccccc1)C(=O)N[C@@H]1CCCC[C@H]1C(N)=O. The monoisotopic (exact) mass is 532 g/mol. The van der Waals surface area contributed by atoms with Gasteiger partial charge in [0, 0.05) is 36.4 Å². The zero-order valence-corrected chi connectivity index (χ0v) is 22.5. The molecule has 4 rings (SSSR count). The molecule has 1 aliphatic carbocycles. The zero-order valence-electron chi connectivity index (χ0n) is 22.5. The maximum Gasteiger partial charge on any atom is 0.254 e. The first kappa shape index (κ1) is 28.5. The number of carbonyl (C=O) groups is 4. The fourth-order valence-corrected chi connectivity index (χ4v) is 6.02. The quantitative estimate of drug-likeness (QED) is 0.361. The summed E-state index contributed by atoms with van der Waals surface area (Å²) in [5.74, 6) is -2.02. The van der Waals surface area contributed by atoms with Crippen molar-refractivity contribution >= 4 is 23.5 Å². The van der Waals surface area contributed by atoms with Crippen molar-refractivity contribution in [2.75, 3.05) is 13.1 Å². The van der Waals surface area contributed by atoms with Crippen LogP contribution in [-0.4, -0.2) is 53.6 Å². The summed E-state index contributed by atoms with van der Waals surface area (Å²) in [6, 6.07) is 17.8. The number of Topliss-reactive ketones (excluding diaryl/α,β-unsaturated/α-hetero) is 1. The summed E-state index contributed by atoms with van der Waals surface area (Å²) in [6.07, 6.45) is 5.19. The average molecular weight is 533 g/mol. The lowest BCUT2D eigenvalue weighted by Crippen LogP contribution is -2.61. The second-order valence-electron chi connectivity index (χ2n) is 10.8. The fourth-order valence-electron chi connectivity index (χ4n) is 6.02. The van der Waals surface area contributed by atoms with Crippen molar-refractivity contribution in [3.8, 4) is 0 Å². The van der Waals surface area contributed by atoms with Crippen LogP contribution < -0.4 is 16.8 Å². The predicted octanol–water partition coefficient (Wildman–Crippen LogP) is 3.16. The number of carbonyl (C=O) groups excluding carboxylic acids is 4. The minimum atomic E-state index is -0.641. The number of hydrogen-bond donors (Lipinski definition) is 3. The molecule has 3 amide bonds. The Balaban J connectivity index is 1.53. The molecule has 5 N–H and O–H groups in total. The van der Waals surface area contributed by atoms with E-state index in [2.05, 4.69) is 5.32 Å². The van der Waals surface area contributed by atoms with Crippen LogP contribution in [-0.2, 0) is 14.4 Å². The molecule has 0 aromatic heterocycles. The van der Waals surface area contributed by atoms with Crippen LogP contribution in [0.25, 0.3) is 0 Å². The van der Waals surface area contributed by atoms with E-state index >= 15 is 0 Å². The van der Waals surface area contributed by atoms with E-state index < -0.39 is 23.8 Å². The Morgan fingerprint density at radius 2 is 1.59 bits per heavy atom. The average Bonchev–Trinajstić information content (AvgIpc) is 2.93. The van der Waals surface area contributed by atoms with Crippen LogP contribution in [0.2, 0.25) is 0 Å². The van der Waals surface area contributed by atoms with Gasteiger partial charge in [-0.25, -0.2) is 0 Å². The summed E-state index contributed by atoms with van der Waals surface area (Å²) in [5.41, 5.74) is 12.9. The second-order valence-corrected chi connectivity index (χ2v) is 10.8. The Labute approximate surface area is 230 Å². The maximum absolute atomic E-state index is 13.9. The molecule has 2 aromatic carbocycles. The third-order valence-electron chi connectivity index (χ3n) is 8.23. The van der Waals surface area contributed by atoms with E-state index in [4.69, 9.17) is 11.5 Å². The van der Waals surface area contributed by atoms with Crippen molar-refractivity contribution in [2.24, 2.45) is 23.3 Å². The molecule has 208 valence electrons. The van der Waals surface area contributed by atoms with Crippen molar-refractivity contribution in [2.45, 2.75) is 69.4 Å². The molecule has 2 aliphatic rings. The largest absolute Gasteiger partial charge is 0.369 e. The molecule has 2 aromatic rings. The molecule has 39 heavy (non-hydrogen) atoms. The van der Waals surface area contributed by atoms with Crippen LogP contribution in [0.3, 0.4) is 0 Å². The van der Waals surface area contributed by atoms with E-state index in [1.807, 2.05) is 36.4 Å². The highest BCUT2D eigenvalue weighted by Gasteiger charge is 2.47. The van der Waals surface area contributed by atoms with Crippen LogP contribution in [0, 0.1) is 11.8 Å². The van der Waals surface area contributed by atoms with Crippen molar-refractivity contribution < 1.29 is 19.2 Å². The third-order valence-corrected chi connectivity index (χ3v) is 8.23. The standard InChI is InChI=1S/C31H40N4O4/c32-18-10-9-15-23(30(38)34-26-17-8-7-16-24(26)29(33)37)19-27(36)28-25(21-11-3-1-4-12-21)20-35(28)31(39)22-13-5-2-6-14-22/h1-6,11-14,23-26,28H,7-10,15-20,32H2,(H2,33,37)(H,34,38)/t23-,24-,25-,26-,28+/m1/s1.